The molecule has 1 aliphatic carbocycles. The number of primary amides is 1. The number of hydrogen-bond acceptors (Lipinski definition) is 5. The Morgan fingerprint density at radius 2 is 1.38 bits per heavy atom. The zero-order valence-corrected chi connectivity index (χ0v) is 21.5. The first-order valence-corrected chi connectivity index (χ1v) is 13.4. The highest BCUT2D eigenvalue weighted by Crippen LogP contribution is 2.45. The van der Waals surface area contributed by atoms with Crippen molar-refractivity contribution in [2.24, 2.45) is 5.73 Å². The van der Waals surface area contributed by atoms with Gasteiger partial charge in [-0.25, -0.2) is 9.59 Å². The van der Waals surface area contributed by atoms with Crippen LogP contribution < -0.4 is 11.1 Å². The van der Waals surface area contributed by atoms with Crippen LogP contribution in [0.15, 0.2) is 78.9 Å². The van der Waals surface area contributed by atoms with Crippen molar-refractivity contribution in [3.63, 3.8) is 0 Å². The lowest BCUT2D eigenvalue weighted by Crippen LogP contribution is -2.65. The number of amides is 3. The van der Waals surface area contributed by atoms with Crippen LogP contribution in [-0.4, -0.2) is 47.2 Å². The Labute approximate surface area is 227 Å². The summed E-state index contributed by atoms with van der Waals surface area (Å²) in [5.41, 5.74) is 10.0. The smallest absolute Gasteiger partial charge is 0.410 e. The predicted molar refractivity (Wildman–Crippen MR) is 145 cm³/mol. The molecule has 0 saturated carbocycles. The molecule has 2 atom stereocenters. The average molecular weight is 526 g/mol. The van der Waals surface area contributed by atoms with Crippen LogP contribution in [0, 0.1) is 0 Å². The highest BCUT2D eigenvalue weighted by molar-refractivity contribution is 5.89. The molecular weight excluding hydrogens is 494 g/mol. The van der Waals surface area contributed by atoms with Gasteiger partial charge in [-0.3, -0.25) is 4.79 Å². The first-order chi connectivity index (χ1) is 18.9. The maximum Gasteiger partial charge on any atom is 0.410 e. The number of hydrogen-bond donors (Lipinski definition) is 2. The van der Waals surface area contributed by atoms with Crippen LogP contribution >= 0.6 is 0 Å². The Bertz CT molecular complexity index is 1350. The summed E-state index contributed by atoms with van der Waals surface area (Å²) in [6, 6.07) is 25.2. The molecule has 8 heteroatoms. The van der Waals surface area contributed by atoms with Crippen molar-refractivity contribution in [1.82, 2.24) is 10.2 Å². The van der Waals surface area contributed by atoms with Gasteiger partial charge in [-0.05, 0) is 40.7 Å². The Hall–Kier alpha value is -4.33. The summed E-state index contributed by atoms with van der Waals surface area (Å²) < 4.78 is 11.3. The molecule has 2 aliphatic heterocycles. The summed E-state index contributed by atoms with van der Waals surface area (Å²) in [5.74, 6) is -0.655. The van der Waals surface area contributed by atoms with Crippen molar-refractivity contribution in [1.29, 1.82) is 0 Å². The highest BCUT2D eigenvalue weighted by Gasteiger charge is 2.54. The van der Waals surface area contributed by atoms with Crippen LogP contribution in [0.2, 0.25) is 0 Å². The number of nitrogens with one attached hydrogen (secondary N) is 1. The van der Waals surface area contributed by atoms with E-state index in [2.05, 4.69) is 29.6 Å². The van der Waals surface area contributed by atoms with Gasteiger partial charge in [-0.15, -0.1) is 0 Å². The number of rotatable bonds is 6. The normalized spacial score (nSPS) is 23.0. The third-order valence-electron chi connectivity index (χ3n) is 8.36. The molecule has 2 heterocycles. The molecule has 2 fully saturated rings. The van der Waals surface area contributed by atoms with Crippen molar-refractivity contribution < 1.29 is 23.9 Å². The number of alkyl carbamates (subject to hydrolysis) is 1. The minimum atomic E-state index is -1.28. The van der Waals surface area contributed by atoms with E-state index in [9.17, 15) is 14.4 Å². The monoisotopic (exact) mass is 525 g/mol. The van der Waals surface area contributed by atoms with E-state index in [0.29, 0.717) is 12.8 Å². The van der Waals surface area contributed by atoms with E-state index in [0.717, 1.165) is 16.7 Å². The fraction of sp³-hybridized carbons (Fsp3) is 0.323. The van der Waals surface area contributed by atoms with E-state index in [1.165, 1.54) is 11.1 Å². The van der Waals surface area contributed by atoms with Gasteiger partial charge in [-0.1, -0.05) is 78.9 Å². The van der Waals surface area contributed by atoms with Crippen molar-refractivity contribution in [3.05, 3.63) is 95.6 Å². The number of benzene rings is 3. The van der Waals surface area contributed by atoms with Crippen LogP contribution in [0.25, 0.3) is 11.1 Å². The number of carbonyl (C=O) groups excluding carboxylic acids is 3. The summed E-state index contributed by atoms with van der Waals surface area (Å²) in [7, 11) is 0. The van der Waals surface area contributed by atoms with Crippen molar-refractivity contribution in [3.8, 4) is 11.1 Å². The Balaban J connectivity index is 1.12. The molecule has 3 aromatic carbocycles. The number of nitrogens with zero attached hydrogens (tertiary/aromatic N) is 1. The van der Waals surface area contributed by atoms with Crippen LogP contribution in [0.5, 0.6) is 0 Å². The molecular formula is C31H31N3O5. The third kappa shape index (κ3) is 4.60. The van der Waals surface area contributed by atoms with E-state index in [1.807, 2.05) is 54.6 Å². The van der Waals surface area contributed by atoms with Gasteiger partial charge in [0, 0.05) is 30.8 Å². The summed E-state index contributed by atoms with van der Waals surface area (Å²) in [5, 5.41) is 2.75. The zero-order chi connectivity index (χ0) is 27.0. The molecule has 0 aromatic heterocycles. The van der Waals surface area contributed by atoms with Crippen LogP contribution in [0.4, 0.5) is 9.59 Å². The Kier molecular flexibility index (Phi) is 6.46. The molecule has 0 radical (unpaired) electrons. The fourth-order valence-corrected chi connectivity index (χ4v) is 6.54. The molecule has 3 aromatic rings. The molecule has 8 nitrogen and oxygen atoms in total. The minimum Gasteiger partial charge on any atom is -0.448 e. The van der Waals surface area contributed by atoms with Gasteiger partial charge in [-0.2, -0.15) is 0 Å². The molecule has 2 bridgehead atoms. The van der Waals surface area contributed by atoms with Crippen molar-refractivity contribution in [2.45, 2.75) is 55.8 Å². The van der Waals surface area contributed by atoms with Crippen molar-refractivity contribution in [2.75, 3.05) is 6.61 Å². The maximum atomic E-state index is 13.4. The molecule has 0 spiro atoms. The second-order valence-electron chi connectivity index (χ2n) is 10.6. The van der Waals surface area contributed by atoms with Gasteiger partial charge < -0.3 is 25.4 Å². The van der Waals surface area contributed by atoms with Gasteiger partial charge >= 0.3 is 12.2 Å². The summed E-state index contributed by atoms with van der Waals surface area (Å²) in [4.78, 5) is 40.4. The first kappa shape index (κ1) is 25.0. The molecule has 200 valence electrons. The minimum absolute atomic E-state index is 0.0328. The van der Waals surface area contributed by atoms with Crippen LogP contribution in [0.3, 0.4) is 0 Å². The van der Waals surface area contributed by atoms with E-state index in [4.69, 9.17) is 15.2 Å². The number of piperidine rings is 1. The zero-order valence-electron chi connectivity index (χ0n) is 21.5. The predicted octanol–water partition coefficient (Wildman–Crippen LogP) is 4.71. The SMILES string of the molecule is NC(=O)C1(NC(=O)OCc2ccccc2)CC2CCC(C1)N2C(=O)OCC1c2ccccc2-c2ccccc21. The van der Waals surface area contributed by atoms with E-state index < -0.39 is 23.6 Å². The summed E-state index contributed by atoms with van der Waals surface area (Å²) >= 11 is 0. The van der Waals surface area contributed by atoms with Crippen molar-refractivity contribution >= 4 is 18.1 Å². The Morgan fingerprint density at radius 1 is 0.821 bits per heavy atom. The standard InChI is InChI=1S/C31H31N3O5/c32-28(35)31(33-29(36)38-18-20-8-2-1-3-9-20)16-21-14-15-22(17-31)34(21)30(37)39-19-27-25-12-6-4-10-23(25)24-11-5-7-13-26(24)27/h1-13,21-22,27H,14-19H2,(H2,32,35)(H,33,36). The van der Waals surface area contributed by atoms with E-state index in [1.54, 1.807) is 4.90 Å². The van der Waals surface area contributed by atoms with Crippen LogP contribution in [-0.2, 0) is 20.9 Å². The quantitative estimate of drug-likeness (QED) is 0.484. The van der Waals surface area contributed by atoms with Gasteiger partial charge in [0.1, 0.15) is 18.8 Å². The number of nitrogens with two attached hydrogens (primary N) is 1. The second kappa shape index (κ2) is 10.1. The van der Waals surface area contributed by atoms with Crippen LogP contribution in [0.1, 0.15) is 48.3 Å². The second-order valence-corrected chi connectivity index (χ2v) is 10.6. The molecule has 3 aliphatic rings. The van der Waals surface area contributed by atoms with Gasteiger partial charge in [0.15, 0.2) is 0 Å². The molecule has 2 saturated heterocycles. The van der Waals surface area contributed by atoms with E-state index in [-0.39, 0.29) is 44.1 Å². The number of carbonyl (C=O) groups is 3. The largest absolute Gasteiger partial charge is 0.448 e. The molecule has 6 rings (SSSR count). The van der Waals surface area contributed by atoms with Gasteiger partial charge in [0.2, 0.25) is 5.91 Å². The average Bonchev–Trinajstić information content (AvgIpc) is 3.42. The molecule has 3 amide bonds. The molecule has 3 N–H and O–H groups in total. The maximum absolute atomic E-state index is 13.4. The number of fused-ring (bicyclic) bond motifs is 5. The van der Waals surface area contributed by atoms with Gasteiger partial charge in [0.25, 0.3) is 0 Å². The molecule has 39 heavy (non-hydrogen) atoms. The molecule has 2 unspecified atom stereocenters. The highest BCUT2D eigenvalue weighted by atomic mass is 16.6. The third-order valence-corrected chi connectivity index (χ3v) is 8.36. The first-order valence-electron chi connectivity index (χ1n) is 13.4. The lowest BCUT2D eigenvalue weighted by Gasteiger charge is -2.44. The number of ether oxygens (including phenoxy) is 2. The Morgan fingerprint density at radius 3 is 1.97 bits per heavy atom. The van der Waals surface area contributed by atoms with Gasteiger partial charge in [0.05, 0.1) is 0 Å². The van der Waals surface area contributed by atoms with E-state index >= 15 is 0 Å². The topological polar surface area (TPSA) is 111 Å². The lowest BCUT2D eigenvalue weighted by atomic mass is 9.82. The fourth-order valence-electron chi connectivity index (χ4n) is 6.54. The lowest BCUT2D eigenvalue weighted by molar-refractivity contribution is -0.127. The summed E-state index contributed by atoms with van der Waals surface area (Å²) in [6.07, 6.45) is 0.781. The summed E-state index contributed by atoms with van der Waals surface area (Å²) in [6.45, 7) is 0.314.